The highest BCUT2D eigenvalue weighted by molar-refractivity contribution is 5.99. The molecule has 1 amide bonds. The molecule has 1 fully saturated rings. The molecule has 7 nitrogen and oxygen atoms in total. The lowest BCUT2D eigenvalue weighted by Gasteiger charge is -2.18. The topological polar surface area (TPSA) is 97.5 Å². The second kappa shape index (κ2) is 7.65. The number of aromatic nitrogens is 1. The Labute approximate surface area is 157 Å². The highest BCUT2D eigenvalue weighted by Crippen LogP contribution is 2.26. The molecule has 7 heteroatoms. The Kier molecular flexibility index (Phi) is 5.30. The molecule has 1 heterocycles. The van der Waals surface area contributed by atoms with E-state index in [1.54, 1.807) is 38.1 Å². The van der Waals surface area contributed by atoms with Gasteiger partial charge in [-0.05, 0) is 32.3 Å². The average Bonchev–Trinajstić information content (AvgIpc) is 3.42. The maximum atomic E-state index is 12.7. The number of aromatic amines is 1. The zero-order valence-electron chi connectivity index (χ0n) is 15.5. The Balaban J connectivity index is 1.86. The van der Waals surface area contributed by atoms with Gasteiger partial charge in [-0.2, -0.15) is 0 Å². The molecule has 1 atom stereocenters. The fourth-order valence-electron chi connectivity index (χ4n) is 2.93. The van der Waals surface area contributed by atoms with Crippen LogP contribution in [0.3, 0.4) is 0 Å². The molecular formula is C20H22N2O5. The van der Waals surface area contributed by atoms with Gasteiger partial charge >= 0.3 is 11.9 Å². The molecule has 3 rings (SSSR count). The number of aryl methyl sites for hydroxylation is 1. The molecule has 1 aliphatic carbocycles. The lowest BCUT2D eigenvalue weighted by Crippen LogP contribution is -2.33. The predicted octanol–water partition coefficient (Wildman–Crippen LogP) is 2.59. The molecule has 0 saturated heterocycles. The first kappa shape index (κ1) is 18.7. The van der Waals surface area contributed by atoms with Gasteiger partial charge in [0.25, 0.3) is 5.91 Å². The van der Waals surface area contributed by atoms with E-state index < -0.39 is 18.0 Å². The van der Waals surface area contributed by atoms with Crippen LogP contribution in [-0.4, -0.2) is 36.0 Å². The molecular weight excluding hydrogens is 348 g/mol. The summed E-state index contributed by atoms with van der Waals surface area (Å²) >= 11 is 0. The SMILES string of the molecule is COC(=O)c1c(C)[nH]c(C(=O)OC(C(=O)NC2CC2)c2ccccc2)c1C. The minimum atomic E-state index is -1.07. The summed E-state index contributed by atoms with van der Waals surface area (Å²) < 4.78 is 10.3. The molecule has 1 saturated carbocycles. The van der Waals surface area contributed by atoms with Crippen LogP contribution in [0.1, 0.15) is 56.6 Å². The number of nitrogens with one attached hydrogen (secondary N) is 2. The van der Waals surface area contributed by atoms with Crippen LogP contribution in [0.15, 0.2) is 30.3 Å². The third-order valence-corrected chi connectivity index (χ3v) is 4.52. The molecule has 142 valence electrons. The van der Waals surface area contributed by atoms with Gasteiger partial charge in [-0.25, -0.2) is 9.59 Å². The Morgan fingerprint density at radius 3 is 2.37 bits per heavy atom. The van der Waals surface area contributed by atoms with Gasteiger partial charge in [-0.3, -0.25) is 4.79 Å². The lowest BCUT2D eigenvalue weighted by atomic mass is 10.1. The van der Waals surface area contributed by atoms with Gasteiger partial charge in [0.2, 0.25) is 6.10 Å². The molecule has 2 aromatic rings. The number of amides is 1. The number of carbonyl (C=O) groups excluding carboxylic acids is 3. The van der Waals surface area contributed by atoms with Gasteiger partial charge in [0.15, 0.2) is 0 Å². The first-order valence-electron chi connectivity index (χ1n) is 8.76. The second-order valence-corrected chi connectivity index (χ2v) is 6.60. The summed E-state index contributed by atoms with van der Waals surface area (Å²) in [5, 5.41) is 2.87. The minimum Gasteiger partial charge on any atom is -0.465 e. The summed E-state index contributed by atoms with van der Waals surface area (Å²) in [6, 6.07) is 8.99. The van der Waals surface area contributed by atoms with Crippen LogP contribution < -0.4 is 5.32 Å². The minimum absolute atomic E-state index is 0.132. The van der Waals surface area contributed by atoms with E-state index in [2.05, 4.69) is 10.3 Å². The number of ether oxygens (including phenoxy) is 2. The maximum absolute atomic E-state index is 12.7. The highest BCUT2D eigenvalue weighted by atomic mass is 16.5. The van der Waals surface area contributed by atoms with Gasteiger partial charge < -0.3 is 19.8 Å². The molecule has 1 aliphatic rings. The smallest absolute Gasteiger partial charge is 0.356 e. The largest absolute Gasteiger partial charge is 0.465 e. The van der Waals surface area contributed by atoms with Crippen LogP contribution in [0.25, 0.3) is 0 Å². The summed E-state index contributed by atoms with van der Waals surface area (Å²) in [7, 11) is 1.28. The summed E-state index contributed by atoms with van der Waals surface area (Å²) in [6.45, 7) is 3.30. The number of esters is 2. The number of hydrogen-bond donors (Lipinski definition) is 2. The van der Waals surface area contributed by atoms with Crippen molar-refractivity contribution in [1.82, 2.24) is 10.3 Å². The van der Waals surface area contributed by atoms with Gasteiger partial charge in [0, 0.05) is 17.3 Å². The second-order valence-electron chi connectivity index (χ2n) is 6.60. The van der Waals surface area contributed by atoms with Crippen LogP contribution in [0.2, 0.25) is 0 Å². The van der Waals surface area contributed by atoms with Crippen LogP contribution in [0, 0.1) is 13.8 Å². The van der Waals surface area contributed by atoms with Crippen molar-refractivity contribution in [2.45, 2.75) is 38.8 Å². The molecule has 0 bridgehead atoms. The normalized spacial score (nSPS) is 14.3. The Bertz CT molecular complexity index is 868. The van der Waals surface area contributed by atoms with E-state index in [0.717, 1.165) is 12.8 Å². The third kappa shape index (κ3) is 4.02. The van der Waals surface area contributed by atoms with Crippen molar-refractivity contribution in [2.75, 3.05) is 7.11 Å². The predicted molar refractivity (Wildman–Crippen MR) is 97.4 cm³/mol. The van der Waals surface area contributed by atoms with E-state index in [9.17, 15) is 14.4 Å². The first-order valence-corrected chi connectivity index (χ1v) is 8.76. The van der Waals surface area contributed by atoms with Gasteiger partial charge in [-0.1, -0.05) is 30.3 Å². The van der Waals surface area contributed by atoms with Crippen molar-refractivity contribution < 1.29 is 23.9 Å². The van der Waals surface area contributed by atoms with E-state index in [1.807, 2.05) is 6.07 Å². The lowest BCUT2D eigenvalue weighted by molar-refractivity contribution is -0.130. The van der Waals surface area contributed by atoms with E-state index in [4.69, 9.17) is 9.47 Å². The van der Waals surface area contributed by atoms with Crippen LogP contribution in [0.4, 0.5) is 0 Å². The standard InChI is InChI=1S/C20H22N2O5/c1-11-15(19(24)26-3)12(2)21-16(11)20(25)27-17(13-7-5-4-6-8-13)18(23)22-14-9-10-14/h4-8,14,17,21H,9-10H2,1-3H3,(H,22,23). The molecule has 0 aliphatic heterocycles. The molecule has 0 radical (unpaired) electrons. The third-order valence-electron chi connectivity index (χ3n) is 4.52. The van der Waals surface area contributed by atoms with Gasteiger partial charge in [0.05, 0.1) is 12.7 Å². The first-order chi connectivity index (χ1) is 12.9. The number of benzene rings is 1. The zero-order valence-corrected chi connectivity index (χ0v) is 15.5. The van der Waals surface area contributed by atoms with E-state index >= 15 is 0 Å². The molecule has 1 aromatic heterocycles. The Morgan fingerprint density at radius 2 is 1.78 bits per heavy atom. The Hall–Kier alpha value is -3.09. The zero-order chi connectivity index (χ0) is 19.6. The van der Waals surface area contributed by atoms with Crippen LogP contribution in [-0.2, 0) is 14.3 Å². The summed E-state index contributed by atoms with van der Waals surface area (Å²) in [4.78, 5) is 40.1. The fraction of sp³-hybridized carbons (Fsp3) is 0.350. The summed E-state index contributed by atoms with van der Waals surface area (Å²) in [5.74, 6) is -1.59. The van der Waals surface area contributed by atoms with Crippen molar-refractivity contribution in [3.8, 4) is 0 Å². The molecule has 2 N–H and O–H groups in total. The molecule has 1 aromatic carbocycles. The number of hydrogen-bond acceptors (Lipinski definition) is 5. The van der Waals surface area contributed by atoms with Crippen molar-refractivity contribution in [2.24, 2.45) is 0 Å². The van der Waals surface area contributed by atoms with Crippen molar-refractivity contribution in [1.29, 1.82) is 0 Å². The quantitative estimate of drug-likeness (QED) is 0.762. The number of rotatable bonds is 6. The summed E-state index contributed by atoms with van der Waals surface area (Å²) in [5.41, 5.74) is 1.94. The number of carbonyl (C=O) groups is 3. The van der Waals surface area contributed by atoms with Crippen LogP contribution >= 0.6 is 0 Å². The highest BCUT2D eigenvalue weighted by Gasteiger charge is 2.32. The van der Waals surface area contributed by atoms with E-state index in [0.29, 0.717) is 22.4 Å². The van der Waals surface area contributed by atoms with Crippen molar-refractivity contribution >= 4 is 17.8 Å². The van der Waals surface area contributed by atoms with Crippen molar-refractivity contribution in [3.05, 3.63) is 58.4 Å². The average molecular weight is 370 g/mol. The molecule has 0 spiro atoms. The van der Waals surface area contributed by atoms with Crippen LogP contribution in [0.5, 0.6) is 0 Å². The van der Waals surface area contributed by atoms with Crippen molar-refractivity contribution in [3.63, 3.8) is 0 Å². The van der Waals surface area contributed by atoms with Gasteiger partial charge in [-0.15, -0.1) is 0 Å². The van der Waals surface area contributed by atoms with E-state index in [-0.39, 0.29) is 17.6 Å². The van der Waals surface area contributed by atoms with E-state index in [1.165, 1.54) is 7.11 Å². The number of methoxy groups -OCH3 is 1. The monoisotopic (exact) mass is 370 g/mol. The fourth-order valence-corrected chi connectivity index (χ4v) is 2.93. The Morgan fingerprint density at radius 1 is 1.11 bits per heavy atom. The number of H-pyrrole nitrogens is 1. The molecule has 27 heavy (non-hydrogen) atoms. The maximum Gasteiger partial charge on any atom is 0.356 e. The molecule has 1 unspecified atom stereocenters. The van der Waals surface area contributed by atoms with Gasteiger partial charge in [0.1, 0.15) is 5.69 Å². The summed E-state index contributed by atoms with van der Waals surface area (Å²) in [6.07, 6.45) is 0.793.